The number of nitrogens with zero attached hydrogens (tertiary/aromatic N) is 2. The number of carbonyl (C=O) groups is 11. The van der Waals surface area contributed by atoms with Gasteiger partial charge in [-0.3, -0.25) is 47.9 Å². The lowest BCUT2D eigenvalue weighted by Gasteiger charge is -2.33. The highest BCUT2D eigenvalue weighted by molar-refractivity contribution is 5.99. The summed E-state index contributed by atoms with van der Waals surface area (Å²) < 4.78 is 0. The van der Waals surface area contributed by atoms with Crippen molar-refractivity contribution in [2.75, 3.05) is 19.6 Å². The number of nitrogens with one attached hydrogen (secondary N) is 7. The van der Waals surface area contributed by atoms with Gasteiger partial charge >= 0.3 is 11.9 Å². The lowest BCUT2D eigenvalue weighted by atomic mass is 9.97. The Morgan fingerprint density at radius 3 is 1.43 bits per heavy atom. The van der Waals surface area contributed by atoms with E-state index < -0.39 is 132 Å². The fraction of sp³-hybridized carbons (Fsp3) is 0.712. The predicted molar refractivity (Wildman–Crippen MR) is 313 cm³/mol. The second-order valence-electron chi connectivity index (χ2n) is 24.5. The van der Waals surface area contributed by atoms with Crippen LogP contribution in [0.5, 0.6) is 5.75 Å². The number of carbonyl (C=O) groups excluding carboxylic acids is 9. The number of likely N-dealkylation sites (tertiary alicyclic amines) is 2. The molecule has 9 amide bonds. The second-order valence-corrected chi connectivity index (χ2v) is 24.5. The number of carboxylic acids is 2. The Morgan fingerprint density at radius 1 is 0.536 bits per heavy atom. The van der Waals surface area contributed by atoms with E-state index in [1.807, 2.05) is 13.8 Å². The number of rotatable bonds is 35. The van der Waals surface area contributed by atoms with Crippen molar-refractivity contribution >= 4 is 65.1 Å². The van der Waals surface area contributed by atoms with Gasteiger partial charge in [-0.25, -0.2) is 4.79 Å². The van der Waals surface area contributed by atoms with E-state index in [9.17, 15) is 68.1 Å². The zero-order valence-electron chi connectivity index (χ0n) is 50.9. The van der Waals surface area contributed by atoms with Crippen molar-refractivity contribution in [1.29, 1.82) is 0 Å². The van der Waals surface area contributed by atoms with Crippen LogP contribution < -0.4 is 48.7 Å². The average Bonchev–Trinajstić information content (AvgIpc) is 3.46. The number of nitrogens with two attached hydrogens (primary N) is 2. The molecule has 0 radical (unpaired) electrons. The van der Waals surface area contributed by atoms with E-state index in [2.05, 4.69) is 37.2 Å². The Bertz CT molecular complexity index is 2400. The molecule has 2 saturated heterocycles. The molecule has 0 aliphatic carbocycles. The molecule has 25 heteroatoms. The van der Waals surface area contributed by atoms with Crippen molar-refractivity contribution in [2.24, 2.45) is 41.1 Å². The van der Waals surface area contributed by atoms with Gasteiger partial charge < -0.3 is 73.8 Å². The maximum atomic E-state index is 14.6. The standard InChI is InChI=1S/C59H97N11O14/c1-32(2)27-41(51(75)62-40(22-23-48(72)73)50(74)67-45(59(83)84)30-35(7)8)63-52(76)42(28-33(3)4)64-53(77)43(29-34(5)6)65-54(78)44(31-37-18-20-38(71)21-19-37)66-56(80)49(36(9)10)68-55(79)46-16-13-25-69(46)58(82)47-17-14-26-70(47)57(81)39(61)15-11-12-24-60/h18-21,32-36,39-47,49,71H,11-17,22-31,60-61H2,1-10H3,(H,62,75)(H,63,76)(H,64,77)(H,65,78)(H,66,80)(H,67,74)(H,68,79)(H,72,73)(H,83,84)/t39-,40-,41-,42-,43-,44-,45-,46-,47-,49-/m0/s1. The van der Waals surface area contributed by atoms with Gasteiger partial charge in [0.2, 0.25) is 53.2 Å². The van der Waals surface area contributed by atoms with Crippen molar-refractivity contribution in [1.82, 2.24) is 47.0 Å². The summed E-state index contributed by atoms with van der Waals surface area (Å²) >= 11 is 0. The lowest BCUT2D eigenvalue weighted by molar-refractivity contribution is -0.147. The van der Waals surface area contributed by atoms with Gasteiger partial charge in [0, 0.05) is 25.9 Å². The third-order valence-corrected chi connectivity index (χ3v) is 14.8. The topological polar surface area (TPSA) is 391 Å². The molecule has 3 rings (SSSR count). The van der Waals surface area contributed by atoms with Gasteiger partial charge in [-0.15, -0.1) is 0 Å². The van der Waals surface area contributed by atoms with E-state index in [1.165, 1.54) is 21.9 Å². The first kappa shape index (κ1) is 71.4. The van der Waals surface area contributed by atoms with Crippen molar-refractivity contribution in [3.05, 3.63) is 29.8 Å². The summed E-state index contributed by atoms with van der Waals surface area (Å²) in [5, 5.41) is 48.1. The normalized spacial score (nSPS) is 18.1. The van der Waals surface area contributed by atoms with Crippen LogP contribution in [0.4, 0.5) is 0 Å². The summed E-state index contributed by atoms with van der Waals surface area (Å²) in [6, 6.07) is -5.95. The van der Waals surface area contributed by atoms with Crippen molar-refractivity contribution in [2.45, 2.75) is 220 Å². The zero-order chi connectivity index (χ0) is 63.1. The van der Waals surface area contributed by atoms with Crippen molar-refractivity contribution in [3.8, 4) is 5.75 Å². The average molecular weight is 1180 g/mol. The van der Waals surface area contributed by atoms with Gasteiger partial charge in [0.25, 0.3) is 0 Å². The lowest BCUT2D eigenvalue weighted by Crippen LogP contribution is -2.61. The highest BCUT2D eigenvalue weighted by Crippen LogP contribution is 2.27. The Morgan fingerprint density at radius 2 is 0.964 bits per heavy atom. The van der Waals surface area contributed by atoms with E-state index in [0.29, 0.717) is 63.6 Å². The van der Waals surface area contributed by atoms with Gasteiger partial charge in [0.15, 0.2) is 0 Å². The summed E-state index contributed by atoms with van der Waals surface area (Å²) in [5.41, 5.74) is 12.4. The number of unbranched alkanes of at least 4 members (excludes halogenated alkanes) is 1. The summed E-state index contributed by atoms with van der Waals surface area (Å²) in [6.45, 7) is 18.8. The minimum absolute atomic E-state index is 0.0354. The number of phenols is 1. The first-order valence-corrected chi connectivity index (χ1v) is 29.9. The molecule has 1 aromatic carbocycles. The molecule has 25 nitrogen and oxygen atoms in total. The minimum Gasteiger partial charge on any atom is -0.508 e. The number of hydrogen-bond donors (Lipinski definition) is 12. The number of aliphatic carboxylic acids is 2. The van der Waals surface area contributed by atoms with E-state index in [1.54, 1.807) is 67.5 Å². The molecule has 0 bridgehead atoms. The summed E-state index contributed by atoms with van der Waals surface area (Å²) in [5.74, 6) is -10.1. The molecule has 84 heavy (non-hydrogen) atoms. The first-order chi connectivity index (χ1) is 39.4. The molecule has 0 aromatic heterocycles. The van der Waals surface area contributed by atoms with Crippen LogP contribution in [0.15, 0.2) is 24.3 Å². The van der Waals surface area contributed by atoms with Crippen LogP contribution in [0.25, 0.3) is 0 Å². The fourth-order valence-electron chi connectivity index (χ4n) is 10.4. The quantitative estimate of drug-likeness (QED) is 0.0429. The molecule has 14 N–H and O–H groups in total. The summed E-state index contributed by atoms with van der Waals surface area (Å²) in [6.07, 6.45) is 2.70. The van der Waals surface area contributed by atoms with Crippen LogP contribution >= 0.6 is 0 Å². The third-order valence-electron chi connectivity index (χ3n) is 14.8. The van der Waals surface area contributed by atoms with E-state index in [0.717, 1.165) is 0 Å². The number of benzene rings is 1. The molecule has 1 aromatic rings. The highest BCUT2D eigenvalue weighted by Gasteiger charge is 2.44. The van der Waals surface area contributed by atoms with Gasteiger partial charge in [0.05, 0.1) is 6.04 Å². The Balaban J connectivity index is 1.88. The van der Waals surface area contributed by atoms with Crippen LogP contribution in [0.3, 0.4) is 0 Å². The molecule has 0 saturated carbocycles. The first-order valence-electron chi connectivity index (χ1n) is 29.9. The van der Waals surface area contributed by atoms with E-state index >= 15 is 0 Å². The highest BCUT2D eigenvalue weighted by atomic mass is 16.4. The largest absolute Gasteiger partial charge is 0.508 e. The predicted octanol–water partition coefficient (Wildman–Crippen LogP) is 1.56. The molecule has 0 unspecified atom stereocenters. The van der Waals surface area contributed by atoms with Gasteiger partial charge in [-0.2, -0.15) is 0 Å². The Hall–Kier alpha value is -6.89. The third kappa shape index (κ3) is 23.3. The zero-order valence-corrected chi connectivity index (χ0v) is 50.9. The van der Waals surface area contributed by atoms with Gasteiger partial charge in [-0.1, -0.05) is 87.8 Å². The van der Waals surface area contributed by atoms with E-state index in [-0.39, 0.29) is 79.9 Å². The van der Waals surface area contributed by atoms with Gasteiger partial charge in [0.1, 0.15) is 60.1 Å². The summed E-state index contributed by atoms with van der Waals surface area (Å²) in [4.78, 5) is 154. The van der Waals surface area contributed by atoms with Crippen molar-refractivity contribution in [3.63, 3.8) is 0 Å². The number of carboxylic acid groups (broad SMARTS) is 2. The summed E-state index contributed by atoms with van der Waals surface area (Å²) in [7, 11) is 0. The maximum absolute atomic E-state index is 14.6. The SMILES string of the molecule is CC(C)C[C@H](NC(=O)[C@H](CCC(=O)O)NC(=O)[C@H](CC(C)C)NC(=O)[C@H](CC(C)C)NC(=O)[C@H](CC(C)C)NC(=O)[C@H](Cc1ccc(O)cc1)NC(=O)[C@@H](NC(=O)[C@@H]1CCCN1C(=O)[C@@H]1CCCN1C(=O)[C@@H](N)CCCCN)C(C)C)C(=O)O. The molecule has 10 atom stereocenters. The molecular formula is C59H97N11O14. The van der Waals surface area contributed by atoms with Crippen LogP contribution in [-0.2, 0) is 59.2 Å². The number of aromatic hydroxyl groups is 1. The monoisotopic (exact) mass is 1180 g/mol. The van der Waals surface area contributed by atoms with Crippen LogP contribution in [0.2, 0.25) is 0 Å². The maximum Gasteiger partial charge on any atom is 0.326 e. The van der Waals surface area contributed by atoms with Crippen LogP contribution in [-0.4, -0.2) is 170 Å². The Kier molecular flexibility index (Phi) is 29.6. The molecular weight excluding hydrogens is 1090 g/mol. The number of phenolic OH excluding ortho intramolecular Hbond substituents is 1. The number of amides is 9. The van der Waals surface area contributed by atoms with Crippen LogP contribution in [0.1, 0.15) is 158 Å². The molecule has 2 aliphatic rings. The molecule has 2 aliphatic heterocycles. The molecule has 0 spiro atoms. The Labute approximate surface area is 494 Å². The molecule has 2 fully saturated rings. The minimum atomic E-state index is -1.49. The number of hydrogen-bond acceptors (Lipinski definition) is 14. The van der Waals surface area contributed by atoms with Crippen LogP contribution in [0, 0.1) is 29.6 Å². The second kappa shape index (κ2) is 34.8. The van der Waals surface area contributed by atoms with E-state index in [4.69, 9.17) is 11.5 Å². The van der Waals surface area contributed by atoms with Crippen molar-refractivity contribution < 1.29 is 68.1 Å². The van der Waals surface area contributed by atoms with Gasteiger partial charge in [-0.05, 0) is 124 Å². The fourth-order valence-corrected chi connectivity index (χ4v) is 10.4. The smallest absolute Gasteiger partial charge is 0.326 e. The molecule has 472 valence electrons. The molecule has 2 heterocycles.